The average Bonchev–Trinajstić information content (AvgIpc) is 2.64. The molecule has 0 bridgehead atoms. The Balaban J connectivity index is 2.15. The normalized spacial score (nSPS) is 34.5. The zero-order valence-electron chi connectivity index (χ0n) is 11.8. The van der Waals surface area contributed by atoms with Crippen molar-refractivity contribution in [2.24, 2.45) is 11.8 Å². The maximum absolute atomic E-state index is 2.49. The van der Waals surface area contributed by atoms with E-state index in [-0.39, 0.29) is 0 Å². The third-order valence-corrected chi connectivity index (χ3v) is 6.40. The van der Waals surface area contributed by atoms with E-state index in [0.717, 1.165) is 17.8 Å². The van der Waals surface area contributed by atoms with Crippen LogP contribution >= 0.6 is 11.3 Å². The molecule has 1 heterocycles. The summed E-state index contributed by atoms with van der Waals surface area (Å²) >= 11 is 2.03. The molecule has 2 aliphatic rings. The standard InChI is InChI=1S/C16H24S/c1-9-6-7-13-12(8-9)14-10(2)17-11(3)15(14)16(13,4)5/h9,12-13H,6-8H2,1-5H3/t9-,12+,13+/m1/s1. The van der Waals surface area contributed by atoms with Gasteiger partial charge in [0.15, 0.2) is 0 Å². The predicted molar refractivity (Wildman–Crippen MR) is 76.1 cm³/mol. The summed E-state index contributed by atoms with van der Waals surface area (Å²) in [5.74, 6) is 2.71. The SMILES string of the molecule is Cc1sc(C)c2c1[C@H]1C[C@H](C)CC[C@@H]1C2(C)C. The van der Waals surface area contributed by atoms with Crippen molar-refractivity contribution < 1.29 is 0 Å². The second-order valence-corrected chi connectivity index (χ2v) is 8.28. The van der Waals surface area contributed by atoms with Crippen LogP contribution in [-0.4, -0.2) is 0 Å². The van der Waals surface area contributed by atoms with Crippen LogP contribution in [0.2, 0.25) is 0 Å². The van der Waals surface area contributed by atoms with Crippen LogP contribution in [0.5, 0.6) is 0 Å². The molecule has 2 aliphatic carbocycles. The Labute approximate surface area is 109 Å². The van der Waals surface area contributed by atoms with Gasteiger partial charge in [0.25, 0.3) is 0 Å². The van der Waals surface area contributed by atoms with E-state index in [2.05, 4.69) is 34.6 Å². The van der Waals surface area contributed by atoms with E-state index in [1.54, 1.807) is 20.9 Å². The van der Waals surface area contributed by atoms with Crippen LogP contribution in [0, 0.1) is 25.7 Å². The summed E-state index contributed by atoms with van der Waals surface area (Å²) in [5, 5.41) is 0. The number of rotatable bonds is 0. The summed E-state index contributed by atoms with van der Waals surface area (Å²) in [5.41, 5.74) is 3.91. The molecular weight excluding hydrogens is 224 g/mol. The molecule has 0 nitrogen and oxygen atoms in total. The summed E-state index contributed by atoms with van der Waals surface area (Å²) in [4.78, 5) is 3.19. The van der Waals surface area contributed by atoms with Crippen LogP contribution in [0.15, 0.2) is 0 Å². The molecule has 0 spiro atoms. The molecule has 0 aliphatic heterocycles. The second-order valence-electron chi connectivity index (χ2n) is 6.86. The van der Waals surface area contributed by atoms with E-state index in [4.69, 9.17) is 0 Å². The van der Waals surface area contributed by atoms with Gasteiger partial charge < -0.3 is 0 Å². The molecule has 1 heteroatoms. The average molecular weight is 248 g/mol. The molecule has 3 atom stereocenters. The van der Waals surface area contributed by atoms with E-state index < -0.39 is 0 Å². The smallest absolute Gasteiger partial charge is 0.00575 e. The van der Waals surface area contributed by atoms with Crippen molar-refractivity contribution in [3.8, 4) is 0 Å². The van der Waals surface area contributed by atoms with Crippen LogP contribution in [0.3, 0.4) is 0 Å². The summed E-state index contributed by atoms with van der Waals surface area (Å²) in [6.45, 7) is 12.1. The van der Waals surface area contributed by atoms with Gasteiger partial charge in [0.1, 0.15) is 0 Å². The minimum absolute atomic E-state index is 0.426. The van der Waals surface area contributed by atoms with E-state index >= 15 is 0 Å². The van der Waals surface area contributed by atoms with Crippen LogP contribution in [0.4, 0.5) is 0 Å². The topological polar surface area (TPSA) is 0 Å². The third-order valence-electron chi connectivity index (χ3n) is 5.36. The van der Waals surface area contributed by atoms with Crippen LogP contribution in [-0.2, 0) is 5.41 Å². The lowest BCUT2D eigenvalue weighted by Crippen LogP contribution is -2.30. The van der Waals surface area contributed by atoms with Gasteiger partial charge >= 0.3 is 0 Å². The fraction of sp³-hybridized carbons (Fsp3) is 0.750. The molecule has 0 radical (unpaired) electrons. The van der Waals surface area contributed by atoms with Gasteiger partial charge in [-0.2, -0.15) is 0 Å². The first-order valence-electron chi connectivity index (χ1n) is 7.03. The quantitative estimate of drug-likeness (QED) is 0.594. The van der Waals surface area contributed by atoms with Crippen molar-refractivity contribution >= 4 is 11.3 Å². The number of hydrogen-bond acceptors (Lipinski definition) is 1. The summed E-state index contributed by atoms with van der Waals surface area (Å²) in [7, 11) is 0. The summed E-state index contributed by atoms with van der Waals surface area (Å²) in [6, 6.07) is 0. The van der Waals surface area contributed by atoms with Crippen molar-refractivity contribution in [3.63, 3.8) is 0 Å². The summed E-state index contributed by atoms with van der Waals surface area (Å²) < 4.78 is 0. The van der Waals surface area contributed by atoms with Gasteiger partial charge in [0, 0.05) is 9.75 Å². The zero-order chi connectivity index (χ0) is 12.4. The molecule has 0 aromatic carbocycles. The van der Waals surface area contributed by atoms with E-state index in [0.29, 0.717) is 5.41 Å². The fourth-order valence-electron chi connectivity index (χ4n) is 4.70. The molecule has 94 valence electrons. The summed E-state index contributed by atoms with van der Waals surface area (Å²) in [6.07, 6.45) is 4.31. The van der Waals surface area contributed by atoms with Gasteiger partial charge in [0.2, 0.25) is 0 Å². The molecular formula is C16H24S. The van der Waals surface area contributed by atoms with E-state index in [1.165, 1.54) is 19.3 Å². The molecule has 0 amide bonds. The lowest BCUT2D eigenvalue weighted by molar-refractivity contribution is 0.195. The van der Waals surface area contributed by atoms with Crippen LogP contribution < -0.4 is 0 Å². The molecule has 0 N–H and O–H groups in total. The third kappa shape index (κ3) is 1.47. The molecule has 1 saturated carbocycles. The van der Waals surface area contributed by atoms with Crippen molar-refractivity contribution in [2.75, 3.05) is 0 Å². The lowest BCUT2D eigenvalue weighted by Gasteiger charge is -2.38. The highest BCUT2D eigenvalue weighted by molar-refractivity contribution is 7.12. The Kier molecular flexibility index (Phi) is 2.49. The maximum atomic E-state index is 2.49. The molecule has 17 heavy (non-hydrogen) atoms. The molecule has 1 aromatic heterocycles. The van der Waals surface area contributed by atoms with Crippen molar-refractivity contribution in [1.82, 2.24) is 0 Å². The first-order valence-corrected chi connectivity index (χ1v) is 7.85. The molecule has 1 fully saturated rings. The number of aryl methyl sites for hydroxylation is 2. The first kappa shape index (κ1) is 11.8. The Bertz CT molecular complexity index is 452. The zero-order valence-corrected chi connectivity index (χ0v) is 12.6. The van der Waals surface area contributed by atoms with Gasteiger partial charge in [-0.05, 0) is 61.0 Å². The lowest BCUT2D eigenvalue weighted by atomic mass is 9.67. The minimum Gasteiger partial charge on any atom is -0.145 e. The van der Waals surface area contributed by atoms with Gasteiger partial charge in [-0.25, -0.2) is 0 Å². The monoisotopic (exact) mass is 248 g/mol. The van der Waals surface area contributed by atoms with Gasteiger partial charge in [-0.15, -0.1) is 11.3 Å². The van der Waals surface area contributed by atoms with E-state index in [1.807, 2.05) is 11.3 Å². The van der Waals surface area contributed by atoms with Gasteiger partial charge in [-0.1, -0.05) is 27.2 Å². The van der Waals surface area contributed by atoms with Gasteiger partial charge in [-0.3, -0.25) is 0 Å². The number of thiophene rings is 1. The highest BCUT2D eigenvalue weighted by atomic mass is 32.1. The Morgan fingerprint density at radius 2 is 1.82 bits per heavy atom. The Morgan fingerprint density at radius 3 is 2.53 bits per heavy atom. The number of hydrogen-bond donors (Lipinski definition) is 0. The van der Waals surface area contributed by atoms with Crippen molar-refractivity contribution in [3.05, 3.63) is 20.9 Å². The van der Waals surface area contributed by atoms with Crippen molar-refractivity contribution in [2.45, 2.75) is 65.2 Å². The maximum Gasteiger partial charge on any atom is 0.00575 e. The molecule has 0 saturated heterocycles. The van der Waals surface area contributed by atoms with Crippen LogP contribution in [0.25, 0.3) is 0 Å². The highest BCUT2D eigenvalue weighted by Gasteiger charge is 2.50. The largest absolute Gasteiger partial charge is 0.145 e. The highest BCUT2D eigenvalue weighted by Crippen LogP contribution is 2.60. The Morgan fingerprint density at radius 1 is 1.12 bits per heavy atom. The van der Waals surface area contributed by atoms with Gasteiger partial charge in [0.05, 0.1) is 0 Å². The van der Waals surface area contributed by atoms with E-state index in [9.17, 15) is 0 Å². The van der Waals surface area contributed by atoms with Crippen molar-refractivity contribution in [1.29, 1.82) is 0 Å². The number of fused-ring (bicyclic) bond motifs is 3. The first-order chi connectivity index (χ1) is 7.93. The second kappa shape index (κ2) is 3.60. The van der Waals surface area contributed by atoms with Crippen LogP contribution in [0.1, 0.15) is 66.8 Å². The molecule has 0 unspecified atom stereocenters. The minimum atomic E-state index is 0.426. The Hall–Kier alpha value is -0.300. The fourth-order valence-corrected chi connectivity index (χ4v) is 6.00. The molecule has 1 aromatic rings. The predicted octanol–water partition coefficient (Wildman–Crippen LogP) is 5.18. The molecule has 3 rings (SSSR count).